The van der Waals surface area contributed by atoms with E-state index in [0.717, 1.165) is 19.3 Å². The van der Waals surface area contributed by atoms with Crippen molar-refractivity contribution in [2.45, 2.75) is 38.7 Å². The van der Waals surface area contributed by atoms with E-state index in [1.54, 1.807) is 0 Å². The summed E-state index contributed by atoms with van der Waals surface area (Å²) in [6.07, 6.45) is 2.63. The number of hydrogen-bond acceptors (Lipinski definition) is 3. The van der Waals surface area contributed by atoms with Crippen LogP contribution in [-0.4, -0.2) is 47.7 Å². The molecule has 1 aliphatic rings. The van der Waals surface area contributed by atoms with Crippen molar-refractivity contribution in [2.75, 3.05) is 19.6 Å². The van der Waals surface area contributed by atoms with Crippen LogP contribution in [-0.2, 0) is 4.79 Å². The van der Waals surface area contributed by atoms with E-state index in [2.05, 4.69) is 5.32 Å². The van der Waals surface area contributed by atoms with Gasteiger partial charge in [0.25, 0.3) is 0 Å². The average Bonchev–Trinajstić information content (AvgIpc) is 2.36. The number of likely N-dealkylation sites (tertiary alicyclic amines) is 1. The summed E-state index contributed by atoms with van der Waals surface area (Å²) in [5, 5.41) is 12.3. The fraction of sp³-hybridized carbons (Fsp3) is 0.833. The maximum absolute atomic E-state index is 11.9. The van der Waals surface area contributed by atoms with Crippen molar-refractivity contribution < 1.29 is 14.7 Å². The minimum absolute atomic E-state index is 0.101. The average molecular weight is 257 g/mol. The number of hydrogen-bond donors (Lipinski definition) is 3. The van der Waals surface area contributed by atoms with Crippen LogP contribution in [0.2, 0.25) is 0 Å². The molecule has 6 nitrogen and oxygen atoms in total. The summed E-state index contributed by atoms with van der Waals surface area (Å²) in [6.45, 7) is 3.26. The number of nitrogens with one attached hydrogen (secondary N) is 1. The molecule has 0 radical (unpaired) electrons. The Bertz CT molecular complexity index is 296. The van der Waals surface area contributed by atoms with Crippen LogP contribution in [0.1, 0.15) is 32.6 Å². The highest BCUT2D eigenvalue weighted by atomic mass is 16.3. The number of aliphatic hydroxyl groups excluding tert-OH is 1. The molecule has 2 unspecified atom stereocenters. The van der Waals surface area contributed by atoms with E-state index < -0.39 is 12.1 Å². The maximum atomic E-state index is 11.9. The number of carbonyl (C=O) groups is 2. The van der Waals surface area contributed by atoms with Crippen molar-refractivity contribution >= 4 is 11.9 Å². The Morgan fingerprint density at radius 2 is 2.28 bits per heavy atom. The third-order valence-corrected chi connectivity index (χ3v) is 3.24. The van der Waals surface area contributed by atoms with E-state index >= 15 is 0 Å². The molecule has 0 aromatic rings. The third-order valence-electron chi connectivity index (χ3n) is 3.24. The van der Waals surface area contributed by atoms with Gasteiger partial charge < -0.3 is 21.1 Å². The first-order valence-electron chi connectivity index (χ1n) is 6.54. The van der Waals surface area contributed by atoms with Crippen LogP contribution in [0.5, 0.6) is 0 Å². The largest absolute Gasteiger partial charge is 0.391 e. The predicted octanol–water partition coefficient (Wildman–Crippen LogP) is 0.0543. The zero-order chi connectivity index (χ0) is 13.5. The highest BCUT2D eigenvalue weighted by Crippen LogP contribution is 2.16. The summed E-state index contributed by atoms with van der Waals surface area (Å²) in [4.78, 5) is 24.4. The zero-order valence-corrected chi connectivity index (χ0v) is 10.9. The lowest BCUT2D eigenvalue weighted by Crippen LogP contribution is -2.48. The number of piperidine rings is 1. The first kappa shape index (κ1) is 14.8. The molecule has 0 aromatic heterocycles. The molecule has 1 fully saturated rings. The van der Waals surface area contributed by atoms with Crippen molar-refractivity contribution in [2.24, 2.45) is 11.7 Å². The monoisotopic (exact) mass is 257 g/mol. The van der Waals surface area contributed by atoms with E-state index in [1.807, 2.05) is 6.92 Å². The molecule has 6 heteroatoms. The molecular formula is C12H23N3O3. The first-order valence-corrected chi connectivity index (χ1v) is 6.54. The van der Waals surface area contributed by atoms with Crippen LogP contribution < -0.4 is 11.1 Å². The van der Waals surface area contributed by atoms with Gasteiger partial charge in [-0.3, -0.25) is 4.79 Å². The van der Waals surface area contributed by atoms with Crippen LogP contribution in [0.15, 0.2) is 0 Å². The molecule has 1 rings (SSSR count). The third kappa shape index (κ3) is 4.52. The van der Waals surface area contributed by atoms with Gasteiger partial charge in [0, 0.05) is 19.6 Å². The lowest BCUT2D eigenvalue weighted by Gasteiger charge is -2.30. The van der Waals surface area contributed by atoms with Gasteiger partial charge in [-0.15, -0.1) is 0 Å². The second kappa shape index (κ2) is 7.20. The van der Waals surface area contributed by atoms with Gasteiger partial charge in [-0.05, 0) is 19.3 Å². The Morgan fingerprint density at radius 1 is 1.56 bits per heavy atom. The molecule has 0 saturated carbocycles. The van der Waals surface area contributed by atoms with Gasteiger partial charge in [-0.1, -0.05) is 13.3 Å². The van der Waals surface area contributed by atoms with Gasteiger partial charge in [0.15, 0.2) is 0 Å². The molecular weight excluding hydrogens is 234 g/mol. The summed E-state index contributed by atoms with van der Waals surface area (Å²) in [6, 6.07) is -0.474. The van der Waals surface area contributed by atoms with Gasteiger partial charge in [0.1, 0.15) is 0 Å². The zero-order valence-electron chi connectivity index (χ0n) is 10.9. The Balaban J connectivity index is 2.34. The predicted molar refractivity (Wildman–Crippen MR) is 67.8 cm³/mol. The van der Waals surface area contributed by atoms with Gasteiger partial charge in [-0.25, -0.2) is 4.79 Å². The number of nitrogens with two attached hydrogens (primary N) is 1. The number of rotatable bonds is 5. The van der Waals surface area contributed by atoms with Crippen LogP contribution in [0.4, 0.5) is 4.79 Å². The van der Waals surface area contributed by atoms with E-state index in [9.17, 15) is 14.7 Å². The summed E-state index contributed by atoms with van der Waals surface area (Å²) in [5.74, 6) is -0.309. The highest BCUT2D eigenvalue weighted by molar-refractivity contribution is 5.80. The van der Waals surface area contributed by atoms with E-state index in [1.165, 1.54) is 4.90 Å². The standard InChI is InChI=1S/C12H23N3O3/c1-2-4-10(16)7-14-11(17)9-5-3-6-15(8-9)12(13)18/h9-10,16H,2-8H2,1H3,(H2,13,18)(H,14,17). The van der Waals surface area contributed by atoms with Gasteiger partial charge in [0.2, 0.25) is 5.91 Å². The number of carbonyl (C=O) groups excluding carboxylic acids is 2. The molecule has 0 bridgehead atoms. The van der Waals surface area contributed by atoms with Gasteiger partial charge >= 0.3 is 6.03 Å². The molecule has 1 heterocycles. The van der Waals surface area contributed by atoms with E-state index in [0.29, 0.717) is 19.5 Å². The van der Waals surface area contributed by atoms with Crippen molar-refractivity contribution in [3.63, 3.8) is 0 Å². The summed E-state index contributed by atoms with van der Waals surface area (Å²) < 4.78 is 0. The Morgan fingerprint density at radius 3 is 2.89 bits per heavy atom. The van der Waals surface area contributed by atoms with Crippen LogP contribution in [0, 0.1) is 5.92 Å². The normalized spacial score (nSPS) is 21.4. The molecule has 0 aliphatic carbocycles. The summed E-state index contributed by atoms with van der Waals surface area (Å²) in [7, 11) is 0. The number of primary amides is 1. The highest BCUT2D eigenvalue weighted by Gasteiger charge is 2.27. The van der Waals surface area contributed by atoms with Crippen molar-refractivity contribution in [1.29, 1.82) is 0 Å². The summed E-state index contributed by atoms with van der Waals surface area (Å²) in [5.41, 5.74) is 5.21. The maximum Gasteiger partial charge on any atom is 0.314 e. The molecule has 1 aliphatic heterocycles. The van der Waals surface area contributed by atoms with Crippen LogP contribution >= 0.6 is 0 Å². The second-order valence-corrected chi connectivity index (χ2v) is 4.81. The molecule has 0 spiro atoms. The first-order chi connectivity index (χ1) is 8.54. The van der Waals surface area contributed by atoms with Crippen molar-refractivity contribution in [1.82, 2.24) is 10.2 Å². The van der Waals surface area contributed by atoms with Crippen molar-refractivity contribution in [3.05, 3.63) is 0 Å². The minimum Gasteiger partial charge on any atom is -0.391 e. The number of urea groups is 1. The Labute approximate surface area is 108 Å². The molecule has 18 heavy (non-hydrogen) atoms. The lowest BCUT2D eigenvalue weighted by molar-refractivity contribution is -0.126. The van der Waals surface area contributed by atoms with Gasteiger partial charge in [0.05, 0.1) is 12.0 Å². The van der Waals surface area contributed by atoms with Gasteiger partial charge in [-0.2, -0.15) is 0 Å². The number of nitrogens with zero attached hydrogens (tertiary/aromatic N) is 1. The SMILES string of the molecule is CCCC(O)CNC(=O)C1CCCN(C(N)=O)C1. The van der Waals surface area contributed by atoms with Crippen LogP contribution in [0.25, 0.3) is 0 Å². The smallest absolute Gasteiger partial charge is 0.314 e. The second-order valence-electron chi connectivity index (χ2n) is 4.81. The van der Waals surface area contributed by atoms with E-state index in [-0.39, 0.29) is 18.4 Å². The number of amides is 3. The fourth-order valence-corrected chi connectivity index (χ4v) is 2.19. The lowest BCUT2D eigenvalue weighted by atomic mass is 9.97. The Hall–Kier alpha value is -1.30. The minimum atomic E-state index is -0.491. The van der Waals surface area contributed by atoms with Crippen molar-refractivity contribution in [3.8, 4) is 0 Å². The summed E-state index contributed by atoms with van der Waals surface area (Å²) >= 11 is 0. The topological polar surface area (TPSA) is 95.7 Å². The number of aliphatic hydroxyl groups is 1. The Kier molecular flexibility index (Phi) is 5.91. The molecule has 0 aromatic carbocycles. The van der Waals surface area contributed by atoms with E-state index in [4.69, 9.17) is 5.73 Å². The quantitative estimate of drug-likeness (QED) is 0.649. The molecule has 2 atom stereocenters. The molecule has 4 N–H and O–H groups in total. The van der Waals surface area contributed by atoms with Crippen LogP contribution in [0.3, 0.4) is 0 Å². The molecule has 3 amide bonds. The fourth-order valence-electron chi connectivity index (χ4n) is 2.19. The molecule has 104 valence electrons. The molecule has 1 saturated heterocycles.